The lowest BCUT2D eigenvalue weighted by Gasteiger charge is -2.08. The number of nitrogens with one attached hydrogen (secondary N) is 1. The molecule has 0 heterocycles. The van der Waals surface area contributed by atoms with Gasteiger partial charge < -0.3 is 16.2 Å². The molecular weight excluding hydrogens is 178 g/mol. The van der Waals surface area contributed by atoms with Gasteiger partial charge in [0, 0.05) is 19.7 Å². The van der Waals surface area contributed by atoms with E-state index in [0.29, 0.717) is 11.9 Å². The van der Waals surface area contributed by atoms with Crippen LogP contribution in [-0.4, -0.2) is 30.8 Å². The Morgan fingerprint density at radius 1 is 1.57 bits per heavy atom. The summed E-state index contributed by atoms with van der Waals surface area (Å²) in [5, 5.41) is 11.8. The van der Waals surface area contributed by atoms with Crippen molar-refractivity contribution in [2.45, 2.75) is 33.1 Å². The van der Waals surface area contributed by atoms with Crippen molar-refractivity contribution in [3.05, 3.63) is 0 Å². The van der Waals surface area contributed by atoms with Crippen LogP contribution in [0.25, 0.3) is 0 Å². The quantitative estimate of drug-likeness (QED) is 0.323. The van der Waals surface area contributed by atoms with E-state index < -0.39 is 0 Å². The normalized spacial score (nSPS) is 14.1. The molecule has 84 valence electrons. The van der Waals surface area contributed by atoms with E-state index in [4.69, 9.17) is 10.8 Å². The lowest BCUT2D eigenvalue weighted by atomic mass is 10.1. The van der Waals surface area contributed by atoms with Crippen molar-refractivity contribution in [1.29, 1.82) is 0 Å². The second-order valence-electron chi connectivity index (χ2n) is 3.62. The summed E-state index contributed by atoms with van der Waals surface area (Å²) in [6, 6.07) is 0. The topological polar surface area (TPSA) is 70.6 Å². The molecule has 0 radical (unpaired) electrons. The maximum atomic E-state index is 8.79. The number of aliphatic imine (C=N–C) groups is 1. The first-order valence-electron chi connectivity index (χ1n) is 5.35. The number of rotatable bonds is 7. The zero-order valence-corrected chi connectivity index (χ0v) is 9.29. The number of nitrogens with two attached hydrogens (primary N) is 1. The third-order valence-corrected chi connectivity index (χ3v) is 2.00. The minimum Gasteiger partial charge on any atom is -0.396 e. The molecular formula is C10H23N3O. The number of hydrogen-bond acceptors (Lipinski definition) is 2. The zero-order chi connectivity index (χ0) is 10.8. The van der Waals surface area contributed by atoms with Crippen molar-refractivity contribution < 1.29 is 5.11 Å². The van der Waals surface area contributed by atoms with E-state index in [1.165, 1.54) is 0 Å². The molecule has 0 fully saturated rings. The predicted octanol–water partition coefficient (Wildman–Crippen LogP) is 0.709. The molecule has 0 aromatic rings. The number of aliphatic hydroxyl groups excluding tert-OH is 1. The van der Waals surface area contributed by atoms with Crippen LogP contribution in [-0.2, 0) is 0 Å². The summed E-state index contributed by atoms with van der Waals surface area (Å²) in [4.78, 5) is 4.11. The number of hydrogen-bond donors (Lipinski definition) is 3. The molecule has 0 spiro atoms. The molecule has 1 unspecified atom stereocenters. The first kappa shape index (κ1) is 13.2. The highest BCUT2D eigenvalue weighted by molar-refractivity contribution is 5.77. The van der Waals surface area contributed by atoms with Gasteiger partial charge in [-0.05, 0) is 25.2 Å². The minimum atomic E-state index is 0.263. The van der Waals surface area contributed by atoms with Crippen LogP contribution in [0.1, 0.15) is 33.1 Å². The maximum Gasteiger partial charge on any atom is 0.188 e. The molecule has 0 bridgehead atoms. The largest absolute Gasteiger partial charge is 0.396 e. The lowest BCUT2D eigenvalue weighted by molar-refractivity contribution is 0.228. The average molecular weight is 201 g/mol. The SMILES string of the molecule is CCCN=C(N)NCCCC(C)CO. The van der Waals surface area contributed by atoms with Crippen LogP contribution < -0.4 is 11.1 Å². The Balaban J connectivity index is 3.35. The van der Waals surface area contributed by atoms with Gasteiger partial charge in [0.15, 0.2) is 5.96 Å². The Morgan fingerprint density at radius 2 is 2.29 bits per heavy atom. The van der Waals surface area contributed by atoms with Crippen LogP contribution in [0.15, 0.2) is 4.99 Å². The standard InChI is InChI=1S/C10H23N3O/c1-3-6-12-10(11)13-7-4-5-9(2)8-14/h9,14H,3-8H2,1-2H3,(H3,11,12,13). The molecule has 0 saturated heterocycles. The Labute approximate surface area is 86.6 Å². The average Bonchev–Trinajstić information content (AvgIpc) is 2.21. The van der Waals surface area contributed by atoms with E-state index in [2.05, 4.69) is 17.2 Å². The monoisotopic (exact) mass is 201 g/mol. The molecule has 0 saturated carbocycles. The molecule has 0 aliphatic rings. The van der Waals surface area contributed by atoms with Gasteiger partial charge in [0.1, 0.15) is 0 Å². The van der Waals surface area contributed by atoms with Crippen molar-refractivity contribution in [3.8, 4) is 0 Å². The fourth-order valence-electron chi connectivity index (χ4n) is 1.05. The third kappa shape index (κ3) is 7.86. The summed E-state index contributed by atoms with van der Waals surface area (Å²) in [5.74, 6) is 0.911. The summed E-state index contributed by atoms with van der Waals surface area (Å²) in [7, 11) is 0. The molecule has 0 aliphatic heterocycles. The van der Waals surface area contributed by atoms with E-state index in [-0.39, 0.29) is 6.61 Å². The van der Waals surface area contributed by atoms with Crippen molar-refractivity contribution in [2.24, 2.45) is 16.6 Å². The van der Waals surface area contributed by atoms with Crippen LogP contribution in [0.4, 0.5) is 0 Å². The van der Waals surface area contributed by atoms with Crippen molar-refractivity contribution in [1.82, 2.24) is 5.32 Å². The lowest BCUT2D eigenvalue weighted by Crippen LogP contribution is -2.32. The highest BCUT2D eigenvalue weighted by Crippen LogP contribution is 2.02. The first-order valence-corrected chi connectivity index (χ1v) is 5.35. The van der Waals surface area contributed by atoms with Gasteiger partial charge >= 0.3 is 0 Å². The van der Waals surface area contributed by atoms with Crippen molar-refractivity contribution >= 4 is 5.96 Å². The summed E-state index contributed by atoms with van der Waals surface area (Å²) >= 11 is 0. The number of nitrogens with zero attached hydrogens (tertiary/aromatic N) is 1. The van der Waals surface area contributed by atoms with E-state index in [9.17, 15) is 0 Å². The molecule has 1 atom stereocenters. The fraction of sp³-hybridized carbons (Fsp3) is 0.900. The smallest absolute Gasteiger partial charge is 0.188 e. The third-order valence-electron chi connectivity index (χ3n) is 2.00. The summed E-state index contributed by atoms with van der Waals surface area (Å²) < 4.78 is 0. The van der Waals surface area contributed by atoms with Crippen LogP contribution in [0.5, 0.6) is 0 Å². The van der Waals surface area contributed by atoms with E-state index in [0.717, 1.165) is 32.4 Å². The second-order valence-corrected chi connectivity index (χ2v) is 3.62. The number of guanidine groups is 1. The minimum absolute atomic E-state index is 0.263. The fourth-order valence-corrected chi connectivity index (χ4v) is 1.05. The van der Waals surface area contributed by atoms with Gasteiger partial charge in [0.2, 0.25) is 0 Å². The molecule has 0 rings (SSSR count). The van der Waals surface area contributed by atoms with Gasteiger partial charge in [0.05, 0.1) is 0 Å². The zero-order valence-electron chi connectivity index (χ0n) is 9.29. The van der Waals surface area contributed by atoms with E-state index >= 15 is 0 Å². The van der Waals surface area contributed by atoms with Crippen molar-refractivity contribution in [3.63, 3.8) is 0 Å². The first-order chi connectivity index (χ1) is 6.70. The summed E-state index contributed by atoms with van der Waals surface area (Å²) in [6.45, 7) is 5.99. The molecule has 0 amide bonds. The molecule has 0 aromatic heterocycles. The summed E-state index contributed by atoms with van der Waals surface area (Å²) in [6.07, 6.45) is 3.05. The Morgan fingerprint density at radius 3 is 2.86 bits per heavy atom. The predicted molar refractivity (Wildman–Crippen MR) is 60.3 cm³/mol. The Bertz CT molecular complexity index is 159. The van der Waals surface area contributed by atoms with Gasteiger partial charge in [-0.25, -0.2) is 0 Å². The second kappa shape index (κ2) is 8.81. The van der Waals surface area contributed by atoms with Crippen LogP contribution in [0.2, 0.25) is 0 Å². The molecule has 0 aromatic carbocycles. The van der Waals surface area contributed by atoms with Gasteiger partial charge in [-0.3, -0.25) is 4.99 Å². The highest BCUT2D eigenvalue weighted by Gasteiger charge is 1.98. The van der Waals surface area contributed by atoms with Gasteiger partial charge in [-0.1, -0.05) is 13.8 Å². The van der Waals surface area contributed by atoms with E-state index in [1.807, 2.05) is 6.92 Å². The van der Waals surface area contributed by atoms with Gasteiger partial charge in [-0.15, -0.1) is 0 Å². The highest BCUT2D eigenvalue weighted by atomic mass is 16.3. The van der Waals surface area contributed by atoms with Crippen LogP contribution in [0.3, 0.4) is 0 Å². The molecule has 4 heteroatoms. The molecule has 4 nitrogen and oxygen atoms in total. The Hall–Kier alpha value is -0.770. The van der Waals surface area contributed by atoms with Crippen molar-refractivity contribution in [2.75, 3.05) is 19.7 Å². The summed E-state index contributed by atoms with van der Waals surface area (Å²) in [5.41, 5.74) is 5.60. The molecule has 0 aliphatic carbocycles. The molecule has 14 heavy (non-hydrogen) atoms. The Kier molecular flexibility index (Phi) is 8.33. The van der Waals surface area contributed by atoms with Crippen LogP contribution >= 0.6 is 0 Å². The van der Waals surface area contributed by atoms with Gasteiger partial charge in [-0.2, -0.15) is 0 Å². The maximum absolute atomic E-state index is 8.79. The molecule has 4 N–H and O–H groups in total. The van der Waals surface area contributed by atoms with Crippen LogP contribution in [0, 0.1) is 5.92 Å². The van der Waals surface area contributed by atoms with Gasteiger partial charge in [0.25, 0.3) is 0 Å². The number of aliphatic hydroxyl groups is 1. The van der Waals surface area contributed by atoms with E-state index in [1.54, 1.807) is 0 Å².